The summed E-state index contributed by atoms with van der Waals surface area (Å²) in [5, 5.41) is 8.25. The molecule has 0 bridgehead atoms. The number of hydrogen-bond donors (Lipinski definition) is 1. The fraction of sp³-hybridized carbons (Fsp3) is 0.778. The number of carboxylic acids is 1. The minimum absolute atomic E-state index is 0. The number of hydrogen-bond acceptors (Lipinski definition) is 3. The third-order valence-electron chi connectivity index (χ3n) is 1.61. The van der Waals surface area contributed by atoms with Crippen LogP contribution in [0.3, 0.4) is 0 Å². The van der Waals surface area contributed by atoms with E-state index < -0.39 is 18.4 Å². The van der Waals surface area contributed by atoms with Crippen LogP contribution in [0.2, 0.25) is 0 Å². The third kappa shape index (κ3) is 10.3. The Morgan fingerprint density at radius 2 is 2.00 bits per heavy atom. The molecule has 0 aliphatic carbocycles. The van der Waals surface area contributed by atoms with Gasteiger partial charge in [0, 0.05) is 0 Å². The van der Waals surface area contributed by atoms with Crippen molar-refractivity contribution >= 4 is 49.7 Å². The molecule has 0 saturated carbocycles. The number of aliphatic carboxylic acids is 1. The molecule has 0 aromatic rings. The first-order chi connectivity index (χ1) is 6.06. The van der Waals surface area contributed by atoms with E-state index in [9.17, 15) is 9.59 Å². The second kappa shape index (κ2) is 9.74. The summed E-state index contributed by atoms with van der Waals surface area (Å²) in [6.45, 7) is 4.34. The molecule has 1 unspecified atom stereocenters. The summed E-state index contributed by atoms with van der Waals surface area (Å²) in [5.41, 5.74) is 0. The summed E-state index contributed by atoms with van der Waals surface area (Å²) < 4.78 is 4.75. The van der Waals surface area contributed by atoms with Crippen molar-refractivity contribution in [2.75, 3.05) is 6.61 Å². The topological polar surface area (TPSA) is 63.6 Å². The molecule has 0 aromatic carbocycles. The summed E-state index contributed by atoms with van der Waals surface area (Å²) in [4.78, 5) is 20.8. The average Bonchev–Trinajstić information content (AvgIpc) is 2.00. The number of esters is 1. The summed E-state index contributed by atoms with van der Waals surface area (Å²) >= 11 is 0. The van der Waals surface area contributed by atoms with E-state index in [4.69, 9.17) is 9.84 Å². The van der Waals surface area contributed by atoms with Gasteiger partial charge in [-0.05, 0) is 12.3 Å². The predicted molar refractivity (Wildman–Crippen MR) is 55.8 cm³/mol. The van der Waals surface area contributed by atoms with E-state index >= 15 is 0 Å². The van der Waals surface area contributed by atoms with E-state index in [1.54, 1.807) is 0 Å². The van der Waals surface area contributed by atoms with Crippen LogP contribution in [0.15, 0.2) is 0 Å². The molecule has 0 radical (unpaired) electrons. The van der Waals surface area contributed by atoms with Gasteiger partial charge >= 0.3 is 49.7 Å². The van der Waals surface area contributed by atoms with Crippen molar-refractivity contribution in [3.63, 3.8) is 0 Å². The number of carboxylic acid groups (broad SMARTS) is 1. The molecule has 0 fully saturated rings. The van der Waals surface area contributed by atoms with E-state index in [2.05, 4.69) is 6.92 Å². The standard InChI is InChI=1S/C9H16O4.Ca.2H/c1-3-4-7(2)6-13-9(12)5-8(10)11;;;/h7H,3-6H2,1-2H3,(H,10,11);;;. The van der Waals surface area contributed by atoms with Gasteiger partial charge in [0.05, 0.1) is 6.61 Å². The summed E-state index contributed by atoms with van der Waals surface area (Å²) in [6, 6.07) is 0. The molecule has 0 rings (SSSR count). The molecule has 0 aliphatic rings. The Morgan fingerprint density at radius 3 is 2.43 bits per heavy atom. The summed E-state index contributed by atoms with van der Waals surface area (Å²) in [7, 11) is 0. The maximum absolute atomic E-state index is 10.8. The van der Waals surface area contributed by atoms with Crippen molar-refractivity contribution in [2.45, 2.75) is 33.1 Å². The molecular formula is C9H18CaO4. The molecule has 0 aromatic heterocycles. The minimum atomic E-state index is -1.15. The van der Waals surface area contributed by atoms with Crippen LogP contribution in [0.25, 0.3) is 0 Å². The molecule has 5 heteroatoms. The van der Waals surface area contributed by atoms with Gasteiger partial charge in [-0.3, -0.25) is 9.59 Å². The van der Waals surface area contributed by atoms with Crippen LogP contribution in [-0.4, -0.2) is 61.4 Å². The van der Waals surface area contributed by atoms with E-state index in [0.717, 1.165) is 12.8 Å². The Hall–Kier alpha value is 0.200. The first-order valence-electron chi connectivity index (χ1n) is 4.43. The molecular weight excluding hydrogens is 212 g/mol. The second-order valence-electron chi connectivity index (χ2n) is 3.15. The Balaban J connectivity index is 0. The SMILES string of the molecule is CCCC(C)COC(=O)CC(=O)O.[CaH2]. The number of ether oxygens (including phenoxy) is 1. The van der Waals surface area contributed by atoms with Gasteiger partial charge in [-0.25, -0.2) is 0 Å². The van der Waals surface area contributed by atoms with Gasteiger partial charge in [0.1, 0.15) is 6.42 Å². The molecule has 1 atom stereocenters. The van der Waals surface area contributed by atoms with Crippen molar-refractivity contribution in [2.24, 2.45) is 5.92 Å². The van der Waals surface area contributed by atoms with Crippen LogP contribution in [0, 0.1) is 5.92 Å². The zero-order chi connectivity index (χ0) is 10.3. The fourth-order valence-electron chi connectivity index (χ4n) is 0.986. The van der Waals surface area contributed by atoms with Gasteiger partial charge in [0.15, 0.2) is 0 Å². The van der Waals surface area contributed by atoms with Crippen LogP contribution in [0.1, 0.15) is 33.1 Å². The predicted octanol–water partition coefficient (Wildman–Crippen LogP) is 0.524. The monoisotopic (exact) mass is 230 g/mol. The summed E-state index contributed by atoms with van der Waals surface area (Å²) in [5.74, 6) is -1.49. The Bertz CT molecular complexity index is 182. The first-order valence-corrected chi connectivity index (χ1v) is 4.43. The van der Waals surface area contributed by atoms with Crippen LogP contribution >= 0.6 is 0 Å². The van der Waals surface area contributed by atoms with Gasteiger partial charge in [-0.15, -0.1) is 0 Å². The van der Waals surface area contributed by atoms with Gasteiger partial charge in [-0.2, -0.15) is 0 Å². The van der Waals surface area contributed by atoms with Crippen LogP contribution in [-0.2, 0) is 14.3 Å². The fourth-order valence-corrected chi connectivity index (χ4v) is 0.986. The Labute approximate surface area is 114 Å². The van der Waals surface area contributed by atoms with E-state index in [1.165, 1.54) is 0 Å². The number of carbonyl (C=O) groups is 2. The molecule has 0 aliphatic heterocycles. The van der Waals surface area contributed by atoms with Crippen molar-refractivity contribution in [3.05, 3.63) is 0 Å². The van der Waals surface area contributed by atoms with Gasteiger partial charge in [0.2, 0.25) is 0 Å². The molecule has 1 N–H and O–H groups in total. The molecule has 4 nitrogen and oxygen atoms in total. The second-order valence-corrected chi connectivity index (χ2v) is 3.15. The van der Waals surface area contributed by atoms with Crippen molar-refractivity contribution in [1.29, 1.82) is 0 Å². The zero-order valence-electron chi connectivity index (χ0n) is 8.08. The molecule has 0 spiro atoms. The quantitative estimate of drug-likeness (QED) is 0.410. The van der Waals surface area contributed by atoms with E-state index in [1.807, 2.05) is 6.92 Å². The third-order valence-corrected chi connectivity index (χ3v) is 1.61. The van der Waals surface area contributed by atoms with E-state index in [-0.39, 0.29) is 37.7 Å². The molecule has 0 saturated heterocycles. The van der Waals surface area contributed by atoms with Crippen LogP contribution < -0.4 is 0 Å². The van der Waals surface area contributed by atoms with Gasteiger partial charge in [-0.1, -0.05) is 20.3 Å². The van der Waals surface area contributed by atoms with Gasteiger partial charge in [0.25, 0.3) is 0 Å². The normalized spacial score (nSPS) is 11.3. The van der Waals surface area contributed by atoms with E-state index in [0.29, 0.717) is 12.5 Å². The number of rotatable bonds is 6. The maximum atomic E-state index is 10.8. The van der Waals surface area contributed by atoms with Crippen LogP contribution in [0.5, 0.6) is 0 Å². The number of carbonyl (C=O) groups excluding carboxylic acids is 1. The molecule has 14 heavy (non-hydrogen) atoms. The Morgan fingerprint density at radius 1 is 1.43 bits per heavy atom. The van der Waals surface area contributed by atoms with Crippen molar-refractivity contribution in [3.8, 4) is 0 Å². The summed E-state index contributed by atoms with van der Waals surface area (Å²) in [6.07, 6.45) is 1.48. The van der Waals surface area contributed by atoms with Crippen LogP contribution in [0.4, 0.5) is 0 Å². The first kappa shape index (κ1) is 16.6. The zero-order valence-corrected chi connectivity index (χ0v) is 8.08. The molecule has 0 amide bonds. The Kier molecular flexibility index (Phi) is 11.6. The average molecular weight is 230 g/mol. The molecule has 80 valence electrons. The molecule has 0 heterocycles. The van der Waals surface area contributed by atoms with Crippen molar-refractivity contribution < 1.29 is 19.4 Å². The van der Waals surface area contributed by atoms with Crippen molar-refractivity contribution in [1.82, 2.24) is 0 Å². The van der Waals surface area contributed by atoms with Gasteiger partial charge < -0.3 is 9.84 Å².